The van der Waals surface area contributed by atoms with Gasteiger partial charge in [0.05, 0.1) is 26.9 Å². The number of carbonyl (C=O) groups is 2. The van der Waals surface area contributed by atoms with Crippen LogP contribution in [0.5, 0.6) is 11.5 Å². The number of hydrogen-bond donors (Lipinski definition) is 1. The summed E-state index contributed by atoms with van der Waals surface area (Å²) < 4.78 is 20.6. The number of methoxy groups -OCH3 is 3. The molecule has 1 aromatic carbocycles. The number of rotatable bonds is 6. The lowest BCUT2D eigenvalue weighted by molar-refractivity contribution is -0.139. The summed E-state index contributed by atoms with van der Waals surface area (Å²) in [6, 6.07) is 6.93. The predicted molar refractivity (Wildman–Crippen MR) is 86.3 cm³/mol. The van der Waals surface area contributed by atoms with E-state index in [0.717, 1.165) is 5.56 Å². The van der Waals surface area contributed by atoms with Gasteiger partial charge in [-0.1, -0.05) is 0 Å². The van der Waals surface area contributed by atoms with Crippen molar-refractivity contribution < 1.29 is 28.2 Å². The standard InChI is InChI=1S/C17H19NO6/c1-10-12(17(20)18-9-16(19)23-4)8-14(24-10)11-5-6-13(21-2)15(7-11)22-3/h5-8H,9H2,1-4H3,(H,18,20). The molecule has 0 saturated heterocycles. The van der Waals surface area contributed by atoms with Crippen LogP contribution in [0.15, 0.2) is 28.7 Å². The first-order valence-corrected chi connectivity index (χ1v) is 7.18. The third kappa shape index (κ3) is 3.68. The topological polar surface area (TPSA) is 87.0 Å². The van der Waals surface area contributed by atoms with Crippen LogP contribution >= 0.6 is 0 Å². The minimum Gasteiger partial charge on any atom is -0.493 e. The zero-order chi connectivity index (χ0) is 17.7. The summed E-state index contributed by atoms with van der Waals surface area (Å²) in [4.78, 5) is 23.2. The predicted octanol–water partition coefficient (Wildman–Crippen LogP) is 2.18. The molecule has 0 atom stereocenters. The number of benzene rings is 1. The van der Waals surface area contributed by atoms with Crippen molar-refractivity contribution in [2.24, 2.45) is 0 Å². The summed E-state index contributed by atoms with van der Waals surface area (Å²) in [6.45, 7) is 1.48. The van der Waals surface area contributed by atoms with Gasteiger partial charge in [-0.2, -0.15) is 0 Å². The Bertz CT molecular complexity index is 750. The van der Waals surface area contributed by atoms with Gasteiger partial charge in [-0.3, -0.25) is 9.59 Å². The van der Waals surface area contributed by atoms with E-state index < -0.39 is 11.9 Å². The number of ether oxygens (including phenoxy) is 3. The fourth-order valence-corrected chi connectivity index (χ4v) is 2.16. The van der Waals surface area contributed by atoms with Crippen molar-refractivity contribution in [3.8, 4) is 22.8 Å². The second-order valence-electron chi connectivity index (χ2n) is 4.91. The van der Waals surface area contributed by atoms with Crippen molar-refractivity contribution in [2.75, 3.05) is 27.9 Å². The van der Waals surface area contributed by atoms with Gasteiger partial charge in [-0.05, 0) is 31.2 Å². The van der Waals surface area contributed by atoms with E-state index in [9.17, 15) is 9.59 Å². The summed E-state index contributed by atoms with van der Waals surface area (Å²) in [5.41, 5.74) is 1.09. The smallest absolute Gasteiger partial charge is 0.325 e. The second kappa shape index (κ2) is 7.54. The first-order chi connectivity index (χ1) is 11.5. The maximum atomic E-state index is 12.1. The van der Waals surface area contributed by atoms with Crippen molar-refractivity contribution in [3.63, 3.8) is 0 Å². The van der Waals surface area contributed by atoms with E-state index in [1.807, 2.05) is 0 Å². The summed E-state index contributed by atoms with van der Waals surface area (Å²) in [5.74, 6) is 1.18. The highest BCUT2D eigenvalue weighted by atomic mass is 16.5. The molecule has 0 bridgehead atoms. The minimum absolute atomic E-state index is 0.203. The molecular weight excluding hydrogens is 314 g/mol. The molecule has 7 nitrogen and oxygen atoms in total. The van der Waals surface area contributed by atoms with E-state index in [-0.39, 0.29) is 6.54 Å². The number of aryl methyl sites for hydroxylation is 1. The zero-order valence-electron chi connectivity index (χ0n) is 14.0. The Morgan fingerprint density at radius 3 is 2.42 bits per heavy atom. The molecule has 0 aliphatic rings. The number of amides is 1. The summed E-state index contributed by atoms with van der Waals surface area (Å²) in [7, 11) is 4.35. The maximum absolute atomic E-state index is 12.1. The highest BCUT2D eigenvalue weighted by Crippen LogP contribution is 2.33. The summed E-state index contributed by atoms with van der Waals surface area (Å²) >= 11 is 0. The van der Waals surface area contributed by atoms with Crippen LogP contribution in [0.1, 0.15) is 16.1 Å². The summed E-state index contributed by atoms with van der Waals surface area (Å²) in [5, 5.41) is 2.48. The van der Waals surface area contributed by atoms with Gasteiger partial charge in [0.1, 0.15) is 18.1 Å². The lowest BCUT2D eigenvalue weighted by Crippen LogP contribution is -2.30. The van der Waals surface area contributed by atoms with Gasteiger partial charge in [0.25, 0.3) is 5.91 Å². The minimum atomic E-state index is -0.524. The number of carbonyl (C=O) groups excluding carboxylic acids is 2. The van der Waals surface area contributed by atoms with Gasteiger partial charge in [0, 0.05) is 5.56 Å². The average Bonchev–Trinajstić information content (AvgIpc) is 3.00. The molecule has 0 unspecified atom stereocenters. The molecular formula is C17H19NO6. The molecule has 128 valence electrons. The molecule has 2 rings (SSSR count). The Balaban J connectivity index is 2.25. The van der Waals surface area contributed by atoms with E-state index in [1.54, 1.807) is 45.4 Å². The van der Waals surface area contributed by atoms with Crippen LogP contribution in [0.3, 0.4) is 0 Å². The molecule has 0 fully saturated rings. The third-order valence-electron chi connectivity index (χ3n) is 3.45. The molecule has 1 aromatic heterocycles. The lowest BCUT2D eigenvalue weighted by Gasteiger charge is -2.08. The van der Waals surface area contributed by atoms with Crippen molar-refractivity contribution in [2.45, 2.75) is 6.92 Å². The zero-order valence-corrected chi connectivity index (χ0v) is 14.0. The van der Waals surface area contributed by atoms with Crippen LogP contribution in [-0.4, -0.2) is 39.8 Å². The van der Waals surface area contributed by atoms with Gasteiger partial charge >= 0.3 is 5.97 Å². The van der Waals surface area contributed by atoms with Crippen LogP contribution in [0.4, 0.5) is 0 Å². The van der Waals surface area contributed by atoms with Gasteiger partial charge in [-0.15, -0.1) is 0 Å². The highest BCUT2D eigenvalue weighted by molar-refractivity contribution is 5.97. The van der Waals surface area contributed by atoms with Gasteiger partial charge in [-0.25, -0.2) is 0 Å². The Kier molecular flexibility index (Phi) is 5.47. The van der Waals surface area contributed by atoms with E-state index in [0.29, 0.717) is 28.6 Å². The molecule has 1 N–H and O–H groups in total. The normalized spacial score (nSPS) is 10.2. The maximum Gasteiger partial charge on any atom is 0.325 e. The molecule has 2 aromatic rings. The Labute approximate surface area is 139 Å². The van der Waals surface area contributed by atoms with Crippen molar-refractivity contribution in [1.82, 2.24) is 5.32 Å². The molecule has 24 heavy (non-hydrogen) atoms. The lowest BCUT2D eigenvalue weighted by atomic mass is 10.1. The average molecular weight is 333 g/mol. The fraction of sp³-hybridized carbons (Fsp3) is 0.294. The second-order valence-corrected chi connectivity index (χ2v) is 4.91. The van der Waals surface area contributed by atoms with E-state index in [1.165, 1.54) is 7.11 Å². The largest absolute Gasteiger partial charge is 0.493 e. The van der Waals surface area contributed by atoms with Gasteiger partial charge in [0.15, 0.2) is 11.5 Å². The molecule has 0 spiro atoms. The first kappa shape index (κ1) is 17.4. The fourth-order valence-electron chi connectivity index (χ4n) is 2.16. The molecule has 0 radical (unpaired) electrons. The SMILES string of the molecule is COC(=O)CNC(=O)c1cc(-c2ccc(OC)c(OC)c2)oc1C. The molecule has 0 aliphatic carbocycles. The van der Waals surface area contributed by atoms with Crippen LogP contribution in [-0.2, 0) is 9.53 Å². The van der Waals surface area contributed by atoms with Crippen molar-refractivity contribution >= 4 is 11.9 Å². The molecule has 0 saturated carbocycles. The van der Waals surface area contributed by atoms with Crippen molar-refractivity contribution in [3.05, 3.63) is 35.6 Å². The van der Waals surface area contributed by atoms with Gasteiger partial charge in [0.2, 0.25) is 0 Å². The van der Waals surface area contributed by atoms with Crippen LogP contribution in [0.2, 0.25) is 0 Å². The highest BCUT2D eigenvalue weighted by Gasteiger charge is 2.17. The molecule has 0 aliphatic heterocycles. The Morgan fingerprint density at radius 2 is 1.79 bits per heavy atom. The molecule has 7 heteroatoms. The third-order valence-corrected chi connectivity index (χ3v) is 3.45. The van der Waals surface area contributed by atoms with Crippen LogP contribution in [0, 0.1) is 6.92 Å². The number of nitrogens with one attached hydrogen (secondary N) is 1. The quantitative estimate of drug-likeness (QED) is 0.815. The first-order valence-electron chi connectivity index (χ1n) is 7.18. The van der Waals surface area contributed by atoms with E-state index >= 15 is 0 Å². The number of hydrogen-bond acceptors (Lipinski definition) is 6. The number of esters is 1. The Morgan fingerprint density at radius 1 is 1.08 bits per heavy atom. The van der Waals surface area contributed by atoms with Gasteiger partial charge < -0.3 is 23.9 Å². The van der Waals surface area contributed by atoms with E-state index in [2.05, 4.69) is 10.1 Å². The van der Waals surface area contributed by atoms with Crippen molar-refractivity contribution in [1.29, 1.82) is 0 Å². The van der Waals surface area contributed by atoms with E-state index in [4.69, 9.17) is 13.9 Å². The number of furan rings is 1. The monoisotopic (exact) mass is 333 g/mol. The molecule has 1 amide bonds. The van der Waals surface area contributed by atoms with Crippen LogP contribution < -0.4 is 14.8 Å². The van der Waals surface area contributed by atoms with Crippen LogP contribution in [0.25, 0.3) is 11.3 Å². The summed E-state index contributed by atoms with van der Waals surface area (Å²) in [6.07, 6.45) is 0. The molecule has 1 heterocycles. The Hall–Kier alpha value is -2.96.